The maximum atomic E-state index is 13.1. The van der Waals surface area contributed by atoms with E-state index in [-0.39, 0.29) is 0 Å². The summed E-state index contributed by atoms with van der Waals surface area (Å²) in [6.07, 6.45) is -4.28. The summed E-state index contributed by atoms with van der Waals surface area (Å²) in [5, 5.41) is -1.94. The van der Waals surface area contributed by atoms with Crippen LogP contribution in [0.5, 0.6) is 0 Å². The van der Waals surface area contributed by atoms with Crippen LogP contribution in [0.2, 0.25) is 39.3 Å². The van der Waals surface area contributed by atoms with Gasteiger partial charge in [-0.25, -0.2) is 0 Å². The molecule has 0 aliphatic heterocycles. The summed E-state index contributed by atoms with van der Waals surface area (Å²) in [7, 11) is -4.67. The Hall–Kier alpha value is 0.184. The molecule has 0 fully saturated rings. The van der Waals surface area contributed by atoms with Gasteiger partial charge in [-0.05, 0) is 26.6 Å². The SMILES string of the molecule is CC(O[Si](C)(C)C)(C(F)(F)F)[Si](C)(C)C. The summed E-state index contributed by atoms with van der Waals surface area (Å²) in [6.45, 7) is 11.7. The van der Waals surface area contributed by atoms with Crippen LogP contribution in [-0.4, -0.2) is 27.8 Å². The molecule has 1 unspecified atom stereocenters. The molecular formula is C9H21F3OSi2. The lowest BCUT2D eigenvalue weighted by molar-refractivity contribution is -0.215. The van der Waals surface area contributed by atoms with Crippen molar-refractivity contribution in [2.45, 2.75) is 57.6 Å². The molecule has 0 saturated carbocycles. The second-order valence-corrected chi connectivity index (χ2v) is 15.9. The Balaban J connectivity index is 5.26. The number of alkyl halides is 3. The first-order valence-corrected chi connectivity index (χ1v) is 11.9. The number of hydrogen-bond donors (Lipinski definition) is 0. The molecule has 15 heavy (non-hydrogen) atoms. The molecule has 0 aromatic heterocycles. The van der Waals surface area contributed by atoms with Gasteiger partial charge in [0, 0.05) is 0 Å². The average molecular weight is 258 g/mol. The monoisotopic (exact) mass is 258 g/mol. The molecule has 6 heteroatoms. The van der Waals surface area contributed by atoms with E-state index in [0.29, 0.717) is 0 Å². The van der Waals surface area contributed by atoms with Crippen LogP contribution < -0.4 is 0 Å². The molecule has 0 amide bonds. The average Bonchev–Trinajstić information content (AvgIpc) is 1.77. The highest BCUT2D eigenvalue weighted by Crippen LogP contribution is 2.42. The third-order valence-corrected chi connectivity index (χ3v) is 6.96. The molecule has 0 aromatic carbocycles. The van der Waals surface area contributed by atoms with Crippen molar-refractivity contribution in [3.8, 4) is 0 Å². The first-order chi connectivity index (χ1) is 6.21. The third-order valence-electron chi connectivity index (χ3n) is 2.48. The molecule has 0 saturated heterocycles. The first-order valence-electron chi connectivity index (χ1n) is 4.98. The van der Waals surface area contributed by atoms with Crippen LogP contribution in [0.15, 0.2) is 0 Å². The van der Waals surface area contributed by atoms with Crippen LogP contribution in [-0.2, 0) is 4.43 Å². The van der Waals surface area contributed by atoms with Crippen molar-refractivity contribution in [1.29, 1.82) is 0 Å². The van der Waals surface area contributed by atoms with Crippen molar-refractivity contribution < 1.29 is 17.6 Å². The van der Waals surface area contributed by atoms with Crippen molar-refractivity contribution in [3.63, 3.8) is 0 Å². The summed E-state index contributed by atoms with van der Waals surface area (Å²) < 4.78 is 44.6. The maximum absolute atomic E-state index is 13.1. The molecule has 0 aliphatic rings. The summed E-state index contributed by atoms with van der Waals surface area (Å²) in [5.41, 5.74) is 0. The predicted octanol–water partition coefficient (Wildman–Crippen LogP) is 4.04. The minimum absolute atomic E-state index is 1.21. The van der Waals surface area contributed by atoms with E-state index in [1.807, 2.05) is 0 Å². The fourth-order valence-electron chi connectivity index (χ4n) is 1.25. The third kappa shape index (κ3) is 3.60. The Morgan fingerprint density at radius 3 is 1.27 bits per heavy atom. The Morgan fingerprint density at radius 1 is 0.867 bits per heavy atom. The quantitative estimate of drug-likeness (QED) is 0.694. The lowest BCUT2D eigenvalue weighted by Gasteiger charge is -2.45. The summed E-state index contributed by atoms with van der Waals surface area (Å²) >= 11 is 0. The smallest absolute Gasteiger partial charge is 0.406 e. The Kier molecular flexibility index (Phi) is 3.93. The fourth-order valence-corrected chi connectivity index (χ4v) is 5.58. The number of halogens is 3. The van der Waals surface area contributed by atoms with Crippen LogP contribution in [0, 0.1) is 0 Å². The van der Waals surface area contributed by atoms with Gasteiger partial charge in [0.25, 0.3) is 0 Å². The molecule has 0 aliphatic carbocycles. The van der Waals surface area contributed by atoms with Gasteiger partial charge in [-0.2, -0.15) is 13.2 Å². The molecule has 0 radical (unpaired) electrons. The molecule has 0 rings (SSSR count). The predicted molar refractivity (Wildman–Crippen MR) is 62.2 cm³/mol. The van der Waals surface area contributed by atoms with Crippen molar-refractivity contribution >= 4 is 16.4 Å². The molecule has 1 atom stereocenters. The minimum Gasteiger partial charge on any atom is -0.406 e. The topological polar surface area (TPSA) is 9.23 Å². The zero-order valence-corrected chi connectivity index (χ0v) is 12.5. The molecule has 92 valence electrons. The molecular weight excluding hydrogens is 237 g/mol. The van der Waals surface area contributed by atoms with Gasteiger partial charge in [0.05, 0.1) is 8.07 Å². The van der Waals surface area contributed by atoms with Crippen LogP contribution >= 0.6 is 0 Å². The normalized spacial score (nSPS) is 18.8. The maximum Gasteiger partial charge on any atom is 0.412 e. The highest BCUT2D eigenvalue weighted by Gasteiger charge is 2.61. The van der Waals surface area contributed by atoms with E-state index in [9.17, 15) is 13.2 Å². The minimum atomic E-state index is -4.28. The fraction of sp³-hybridized carbons (Fsp3) is 1.00. The van der Waals surface area contributed by atoms with Gasteiger partial charge in [0.1, 0.15) is 5.22 Å². The molecule has 1 nitrogen and oxygen atoms in total. The van der Waals surface area contributed by atoms with E-state index >= 15 is 0 Å². The van der Waals surface area contributed by atoms with Gasteiger partial charge in [-0.3, -0.25) is 0 Å². The number of hydrogen-bond acceptors (Lipinski definition) is 1. The highest BCUT2D eigenvalue weighted by atomic mass is 28.4. The molecule has 0 aromatic rings. The molecule has 0 spiro atoms. The molecule has 0 bridgehead atoms. The van der Waals surface area contributed by atoms with Crippen LogP contribution in [0.3, 0.4) is 0 Å². The van der Waals surface area contributed by atoms with Gasteiger partial charge in [0.15, 0.2) is 8.32 Å². The van der Waals surface area contributed by atoms with Gasteiger partial charge in [-0.15, -0.1) is 0 Å². The van der Waals surface area contributed by atoms with Gasteiger partial charge in [0.2, 0.25) is 0 Å². The van der Waals surface area contributed by atoms with E-state index in [1.165, 1.54) is 6.92 Å². The lowest BCUT2D eigenvalue weighted by Crippen LogP contribution is -2.64. The van der Waals surface area contributed by atoms with E-state index in [1.54, 1.807) is 39.3 Å². The Labute approximate surface area is 92.2 Å². The zero-order valence-electron chi connectivity index (χ0n) is 10.5. The zero-order chi connectivity index (χ0) is 12.7. The molecule has 0 heterocycles. The van der Waals surface area contributed by atoms with Crippen LogP contribution in [0.4, 0.5) is 13.2 Å². The van der Waals surface area contributed by atoms with E-state index < -0.39 is 27.8 Å². The second kappa shape index (κ2) is 3.89. The van der Waals surface area contributed by atoms with Gasteiger partial charge in [-0.1, -0.05) is 19.6 Å². The summed E-state index contributed by atoms with van der Waals surface area (Å²) in [6, 6.07) is 0. The molecule has 0 N–H and O–H groups in total. The van der Waals surface area contributed by atoms with Crippen LogP contribution in [0.25, 0.3) is 0 Å². The van der Waals surface area contributed by atoms with Crippen molar-refractivity contribution in [2.24, 2.45) is 0 Å². The lowest BCUT2D eigenvalue weighted by atomic mass is 10.4. The second-order valence-electron chi connectivity index (χ2n) is 6.00. The van der Waals surface area contributed by atoms with Gasteiger partial charge < -0.3 is 4.43 Å². The standard InChI is InChI=1S/C9H21F3OSi2/c1-8(9(10,11)12,14(2,3)4)13-15(5,6)7/h1-7H3. The highest BCUT2D eigenvalue weighted by molar-refractivity contribution is 6.80. The largest absolute Gasteiger partial charge is 0.412 e. The Bertz CT molecular complexity index is 211. The van der Waals surface area contributed by atoms with E-state index in [2.05, 4.69) is 0 Å². The van der Waals surface area contributed by atoms with Crippen molar-refractivity contribution in [2.75, 3.05) is 0 Å². The Morgan fingerprint density at radius 2 is 1.20 bits per heavy atom. The van der Waals surface area contributed by atoms with Crippen molar-refractivity contribution in [3.05, 3.63) is 0 Å². The van der Waals surface area contributed by atoms with E-state index in [0.717, 1.165) is 0 Å². The van der Waals surface area contributed by atoms with E-state index in [4.69, 9.17) is 4.43 Å². The van der Waals surface area contributed by atoms with Crippen molar-refractivity contribution in [1.82, 2.24) is 0 Å². The van der Waals surface area contributed by atoms with Crippen LogP contribution in [0.1, 0.15) is 6.92 Å². The summed E-state index contributed by atoms with van der Waals surface area (Å²) in [4.78, 5) is 0. The van der Waals surface area contributed by atoms with Gasteiger partial charge >= 0.3 is 6.18 Å². The summed E-state index contributed by atoms with van der Waals surface area (Å²) in [5.74, 6) is 0. The first kappa shape index (κ1) is 15.2. The number of rotatable bonds is 3.